The first-order chi connectivity index (χ1) is 9.33. The molecule has 1 nitrogen and oxygen atoms in total. The van der Waals surface area contributed by atoms with E-state index in [0.29, 0.717) is 0 Å². The molecule has 2 heteroatoms. The highest BCUT2D eigenvalue weighted by atomic mass is 32.1. The Balaban J connectivity index is 2.15. The molecule has 0 N–H and O–H groups in total. The quantitative estimate of drug-likeness (QED) is 0.668. The van der Waals surface area contributed by atoms with Crippen molar-refractivity contribution in [3.05, 3.63) is 83.0 Å². The van der Waals surface area contributed by atoms with Gasteiger partial charge < -0.3 is 0 Å². The topological polar surface area (TPSA) is 17.1 Å². The summed E-state index contributed by atoms with van der Waals surface area (Å²) in [6.45, 7) is 0. The Morgan fingerprint density at radius 2 is 1.05 bits per heavy atom. The molecule has 0 aliphatic heterocycles. The van der Waals surface area contributed by atoms with Crippen LogP contribution < -0.4 is 5.43 Å². The standard InChI is InChI=1S/C17H12OS/c18-15-11-16(13-7-3-1-4-8-13)19-17(12-15)14-9-5-2-6-10-14/h1-12H. The molecule has 0 spiro atoms. The van der Waals surface area contributed by atoms with E-state index < -0.39 is 0 Å². The van der Waals surface area contributed by atoms with E-state index in [2.05, 4.69) is 0 Å². The molecule has 1 aromatic heterocycles. The van der Waals surface area contributed by atoms with Crippen LogP contribution in [0, 0.1) is 0 Å². The van der Waals surface area contributed by atoms with Crippen LogP contribution in [0.4, 0.5) is 0 Å². The maximum Gasteiger partial charge on any atom is 0.181 e. The van der Waals surface area contributed by atoms with Crippen LogP contribution in [0.2, 0.25) is 0 Å². The zero-order chi connectivity index (χ0) is 13.1. The lowest BCUT2D eigenvalue weighted by molar-refractivity contribution is 1.61. The van der Waals surface area contributed by atoms with E-state index in [0.717, 1.165) is 20.9 Å². The predicted octanol–water partition coefficient (Wildman–Crippen LogP) is 4.44. The minimum atomic E-state index is 0.0523. The molecule has 0 atom stereocenters. The smallest absolute Gasteiger partial charge is 0.181 e. The van der Waals surface area contributed by atoms with Crippen molar-refractivity contribution in [2.24, 2.45) is 0 Å². The molecule has 1 heterocycles. The van der Waals surface area contributed by atoms with Crippen LogP contribution in [-0.4, -0.2) is 0 Å². The summed E-state index contributed by atoms with van der Waals surface area (Å²) < 4.78 is 0. The summed E-state index contributed by atoms with van der Waals surface area (Å²) >= 11 is 1.64. The zero-order valence-electron chi connectivity index (χ0n) is 10.2. The second-order valence-electron chi connectivity index (χ2n) is 4.25. The van der Waals surface area contributed by atoms with Crippen LogP contribution in [-0.2, 0) is 0 Å². The van der Waals surface area contributed by atoms with Gasteiger partial charge in [-0.15, -0.1) is 11.3 Å². The Kier molecular flexibility index (Phi) is 3.25. The van der Waals surface area contributed by atoms with Crippen molar-refractivity contribution >= 4 is 11.3 Å². The molecule has 0 amide bonds. The van der Waals surface area contributed by atoms with Gasteiger partial charge in [-0.3, -0.25) is 4.79 Å². The average Bonchev–Trinajstić information content (AvgIpc) is 2.48. The molecule has 2 aromatic carbocycles. The maximum atomic E-state index is 11.9. The molecule has 0 saturated heterocycles. The predicted molar refractivity (Wildman–Crippen MR) is 81.5 cm³/mol. The number of hydrogen-bond acceptors (Lipinski definition) is 2. The molecule has 0 aliphatic carbocycles. The highest BCUT2D eigenvalue weighted by molar-refractivity contribution is 7.18. The van der Waals surface area contributed by atoms with Crippen molar-refractivity contribution in [2.45, 2.75) is 0 Å². The zero-order valence-corrected chi connectivity index (χ0v) is 11.1. The Hall–Kier alpha value is -2.19. The van der Waals surface area contributed by atoms with Gasteiger partial charge >= 0.3 is 0 Å². The molecule has 0 radical (unpaired) electrons. The normalized spacial score (nSPS) is 10.3. The van der Waals surface area contributed by atoms with Gasteiger partial charge in [-0.05, 0) is 11.1 Å². The monoisotopic (exact) mass is 264 g/mol. The summed E-state index contributed by atoms with van der Waals surface area (Å²) in [5, 5.41) is 0. The van der Waals surface area contributed by atoms with Gasteiger partial charge in [-0.2, -0.15) is 0 Å². The van der Waals surface area contributed by atoms with Crippen LogP contribution in [0.5, 0.6) is 0 Å². The van der Waals surface area contributed by atoms with E-state index in [-0.39, 0.29) is 5.43 Å². The molecular formula is C17H12OS. The van der Waals surface area contributed by atoms with Gasteiger partial charge in [-0.25, -0.2) is 0 Å². The summed E-state index contributed by atoms with van der Waals surface area (Å²) in [6, 6.07) is 23.4. The first-order valence-corrected chi connectivity index (χ1v) is 6.90. The van der Waals surface area contributed by atoms with Crippen LogP contribution in [0.1, 0.15) is 0 Å². The van der Waals surface area contributed by atoms with Gasteiger partial charge in [0.15, 0.2) is 5.43 Å². The van der Waals surface area contributed by atoms with Crippen molar-refractivity contribution in [1.29, 1.82) is 0 Å². The fourth-order valence-corrected chi connectivity index (χ4v) is 3.06. The third-order valence-electron chi connectivity index (χ3n) is 2.88. The van der Waals surface area contributed by atoms with Crippen molar-refractivity contribution < 1.29 is 0 Å². The molecule has 0 saturated carbocycles. The molecule has 0 unspecified atom stereocenters. The fraction of sp³-hybridized carbons (Fsp3) is 0. The Morgan fingerprint density at radius 1 is 0.632 bits per heavy atom. The molecule has 3 rings (SSSR count). The van der Waals surface area contributed by atoms with Crippen molar-refractivity contribution in [2.75, 3.05) is 0 Å². The maximum absolute atomic E-state index is 11.9. The Morgan fingerprint density at radius 3 is 1.47 bits per heavy atom. The third kappa shape index (κ3) is 2.64. The molecular weight excluding hydrogens is 252 g/mol. The van der Waals surface area contributed by atoms with E-state index >= 15 is 0 Å². The highest BCUT2D eigenvalue weighted by Gasteiger charge is 2.04. The number of hydrogen-bond donors (Lipinski definition) is 0. The highest BCUT2D eigenvalue weighted by Crippen LogP contribution is 2.30. The van der Waals surface area contributed by atoms with E-state index in [1.165, 1.54) is 0 Å². The van der Waals surface area contributed by atoms with Gasteiger partial charge in [0.2, 0.25) is 0 Å². The summed E-state index contributed by atoms with van der Waals surface area (Å²) in [6.07, 6.45) is 0. The van der Waals surface area contributed by atoms with Crippen LogP contribution in [0.3, 0.4) is 0 Å². The molecule has 92 valence electrons. The van der Waals surface area contributed by atoms with Gasteiger partial charge in [0.05, 0.1) is 0 Å². The van der Waals surface area contributed by atoms with Gasteiger partial charge in [0, 0.05) is 21.9 Å². The SMILES string of the molecule is O=c1cc(-c2ccccc2)sc(-c2ccccc2)c1. The van der Waals surface area contributed by atoms with Crippen molar-refractivity contribution in [3.8, 4) is 20.9 Å². The first-order valence-electron chi connectivity index (χ1n) is 6.09. The lowest BCUT2D eigenvalue weighted by Crippen LogP contribution is -1.96. The Labute approximate surface area is 115 Å². The second-order valence-corrected chi connectivity index (χ2v) is 5.34. The van der Waals surface area contributed by atoms with Crippen LogP contribution in [0.25, 0.3) is 20.9 Å². The summed E-state index contributed by atoms with van der Waals surface area (Å²) in [4.78, 5) is 13.9. The van der Waals surface area contributed by atoms with Gasteiger partial charge in [-0.1, -0.05) is 60.7 Å². The summed E-state index contributed by atoms with van der Waals surface area (Å²) in [5.41, 5.74) is 2.22. The van der Waals surface area contributed by atoms with Crippen LogP contribution >= 0.6 is 11.3 Å². The first kappa shape index (κ1) is 11.9. The minimum absolute atomic E-state index is 0.0523. The van der Waals surface area contributed by atoms with Gasteiger partial charge in [0.1, 0.15) is 0 Å². The largest absolute Gasteiger partial charge is 0.290 e. The fourth-order valence-electron chi connectivity index (χ4n) is 1.97. The second kappa shape index (κ2) is 5.21. The van der Waals surface area contributed by atoms with Gasteiger partial charge in [0.25, 0.3) is 0 Å². The molecule has 0 aliphatic rings. The van der Waals surface area contributed by atoms with Crippen LogP contribution in [0.15, 0.2) is 77.6 Å². The van der Waals surface area contributed by atoms with E-state index in [9.17, 15) is 4.79 Å². The molecule has 19 heavy (non-hydrogen) atoms. The van der Waals surface area contributed by atoms with Crippen molar-refractivity contribution in [3.63, 3.8) is 0 Å². The van der Waals surface area contributed by atoms with E-state index in [1.807, 2.05) is 60.7 Å². The lowest BCUT2D eigenvalue weighted by Gasteiger charge is -2.04. The molecule has 3 aromatic rings. The molecule has 0 bridgehead atoms. The Bertz CT molecular complexity index is 669. The van der Waals surface area contributed by atoms with Crippen molar-refractivity contribution in [1.82, 2.24) is 0 Å². The number of benzene rings is 2. The summed E-state index contributed by atoms with van der Waals surface area (Å²) in [7, 11) is 0. The minimum Gasteiger partial charge on any atom is -0.290 e. The lowest BCUT2D eigenvalue weighted by atomic mass is 10.1. The van der Waals surface area contributed by atoms with E-state index in [4.69, 9.17) is 0 Å². The number of rotatable bonds is 2. The third-order valence-corrected chi connectivity index (χ3v) is 4.03. The molecule has 0 fully saturated rings. The van der Waals surface area contributed by atoms with E-state index in [1.54, 1.807) is 23.5 Å². The average molecular weight is 264 g/mol. The summed E-state index contributed by atoms with van der Waals surface area (Å²) in [5.74, 6) is 0.